The molecule has 1 aliphatic rings. The summed E-state index contributed by atoms with van der Waals surface area (Å²) in [6, 6.07) is 0.414. The van der Waals surface area contributed by atoms with Gasteiger partial charge in [-0.1, -0.05) is 6.92 Å². The second kappa shape index (κ2) is 6.25. The Morgan fingerprint density at radius 1 is 1.40 bits per heavy atom. The summed E-state index contributed by atoms with van der Waals surface area (Å²) in [6.45, 7) is 7.06. The number of rotatable bonds is 3. The highest BCUT2D eigenvalue weighted by atomic mass is 16.2. The van der Waals surface area contributed by atoms with Gasteiger partial charge in [0.25, 0.3) is 0 Å². The molecule has 4 heteroatoms. The molecular weight excluding hydrogens is 250 g/mol. The van der Waals surface area contributed by atoms with Crippen molar-refractivity contribution in [1.82, 2.24) is 14.7 Å². The van der Waals surface area contributed by atoms with Gasteiger partial charge in [-0.05, 0) is 45.6 Å². The lowest BCUT2D eigenvalue weighted by Crippen LogP contribution is -2.42. The number of piperidine rings is 1. The fourth-order valence-corrected chi connectivity index (χ4v) is 3.00. The van der Waals surface area contributed by atoms with Gasteiger partial charge in [0.05, 0.1) is 5.69 Å². The first-order valence-electron chi connectivity index (χ1n) is 7.53. The molecule has 2 rings (SSSR count). The highest BCUT2D eigenvalue weighted by Gasteiger charge is 2.23. The lowest BCUT2D eigenvalue weighted by molar-refractivity contribution is -0.129. The van der Waals surface area contributed by atoms with Gasteiger partial charge in [0.15, 0.2) is 0 Å². The fourth-order valence-electron chi connectivity index (χ4n) is 3.00. The van der Waals surface area contributed by atoms with E-state index in [1.54, 1.807) is 6.08 Å². The Bertz CT molecular complexity index is 516. The number of carbonyl (C=O) groups is 1. The van der Waals surface area contributed by atoms with E-state index in [1.807, 2.05) is 36.6 Å². The molecule has 0 radical (unpaired) electrons. The van der Waals surface area contributed by atoms with Crippen LogP contribution in [0.25, 0.3) is 6.08 Å². The van der Waals surface area contributed by atoms with E-state index in [0.29, 0.717) is 6.04 Å². The van der Waals surface area contributed by atoms with Gasteiger partial charge in [0, 0.05) is 37.0 Å². The van der Waals surface area contributed by atoms with Crippen LogP contribution in [0.3, 0.4) is 0 Å². The summed E-state index contributed by atoms with van der Waals surface area (Å²) in [7, 11) is 1.93. The number of nitrogens with zero attached hydrogens (tertiary/aromatic N) is 3. The van der Waals surface area contributed by atoms with E-state index in [-0.39, 0.29) is 5.91 Å². The Morgan fingerprint density at radius 2 is 2.15 bits per heavy atom. The van der Waals surface area contributed by atoms with Crippen molar-refractivity contribution in [3.63, 3.8) is 0 Å². The number of likely N-dealkylation sites (tertiary alicyclic amines) is 1. The number of amides is 1. The Balaban J connectivity index is 2.12. The zero-order valence-corrected chi connectivity index (χ0v) is 13.0. The summed E-state index contributed by atoms with van der Waals surface area (Å²) < 4.78 is 1.86. The highest BCUT2D eigenvalue weighted by Crippen LogP contribution is 2.20. The molecule has 1 atom stereocenters. The van der Waals surface area contributed by atoms with Gasteiger partial charge in [-0.2, -0.15) is 5.10 Å². The summed E-state index contributed by atoms with van der Waals surface area (Å²) in [4.78, 5) is 14.4. The van der Waals surface area contributed by atoms with Crippen LogP contribution in [0.4, 0.5) is 0 Å². The first kappa shape index (κ1) is 14.8. The van der Waals surface area contributed by atoms with Crippen molar-refractivity contribution in [2.45, 2.75) is 52.5 Å². The van der Waals surface area contributed by atoms with E-state index in [2.05, 4.69) is 12.0 Å². The van der Waals surface area contributed by atoms with Crippen LogP contribution in [0.1, 0.15) is 49.6 Å². The minimum absolute atomic E-state index is 0.138. The van der Waals surface area contributed by atoms with Gasteiger partial charge in [-0.25, -0.2) is 0 Å². The van der Waals surface area contributed by atoms with Crippen molar-refractivity contribution in [2.24, 2.45) is 7.05 Å². The van der Waals surface area contributed by atoms with E-state index >= 15 is 0 Å². The molecule has 0 aliphatic carbocycles. The first-order valence-corrected chi connectivity index (χ1v) is 7.53. The fraction of sp³-hybridized carbons (Fsp3) is 0.625. The third-order valence-corrected chi connectivity index (χ3v) is 4.34. The van der Waals surface area contributed by atoms with Gasteiger partial charge < -0.3 is 4.90 Å². The lowest BCUT2D eigenvalue weighted by Gasteiger charge is -2.34. The van der Waals surface area contributed by atoms with Crippen LogP contribution in [-0.2, 0) is 11.8 Å². The minimum atomic E-state index is 0.138. The molecule has 2 heterocycles. The topological polar surface area (TPSA) is 38.1 Å². The van der Waals surface area contributed by atoms with Crippen molar-refractivity contribution in [1.29, 1.82) is 0 Å². The molecular formula is C16H25N3O. The van der Waals surface area contributed by atoms with Crippen LogP contribution in [0.2, 0.25) is 0 Å². The maximum absolute atomic E-state index is 12.4. The summed E-state index contributed by atoms with van der Waals surface area (Å²) in [5, 5.41) is 4.37. The molecule has 1 unspecified atom stereocenters. The van der Waals surface area contributed by atoms with Crippen LogP contribution < -0.4 is 0 Å². The summed E-state index contributed by atoms with van der Waals surface area (Å²) in [6.07, 6.45) is 8.19. The van der Waals surface area contributed by atoms with Gasteiger partial charge in [-0.3, -0.25) is 9.48 Å². The predicted molar refractivity (Wildman–Crippen MR) is 81.4 cm³/mol. The lowest BCUT2D eigenvalue weighted by atomic mass is 10.00. The Morgan fingerprint density at radius 3 is 2.75 bits per heavy atom. The maximum Gasteiger partial charge on any atom is 0.246 e. The molecule has 1 aromatic heterocycles. The van der Waals surface area contributed by atoms with E-state index in [9.17, 15) is 4.79 Å². The molecule has 0 saturated carbocycles. The third kappa shape index (κ3) is 2.94. The van der Waals surface area contributed by atoms with Gasteiger partial charge in [0.1, 0.15) is 0 Å². The second-order valence-electron chi connectivity index (χ2n) is 5.63. The van der Waals surface area contributed by atoms with Crippen molar-refractivity contribution in [3.8, 4) is 0 Å². The average Bonchev–Trinajstić information content (AvgIpc) is 2.70. The van der Waals surface area contributed by atoms with Crippen LogP contribution in [0.15, 0.2) is 6.08 Å². The van der Waals surface area contributed by atoms with Crippen LogP contribution in [0.5, 0.6) is 0 Å². The molecule has 0 aromatic carbocycles. The molecule has 0 spiro atoms. The maximum atomic E-state index is 12.4. The van der Waals surface area contributed by atoms with Gasteiger partial charge in [0.2, 0.25) is 5.91 Å². The molecule has 1 amide bonds. The van der Waals surface area contributed by atoms with Crippen LogP contribution >= 0.6 is 0 Å². The molecule has 1 aromatic rings. The monoisotopic (exact) mass is 275 g/mol. The number of hydrogen-bond acceptors (Lipinski definition) is 2. The molecule has 4 nitrogen and oxygen atoms in total. The summed E-state index contributed by atoms with van der Waals surface area (Å²) in [5.41, 5.74) is 3.13. The van der Waals surface area contributed by atoms with E-state index in [0.717, 1.165) is 42.8 Å². The zero-order chi connectivity index (χ0) is 14.7. The number of aromatic nitrogens is 2. The molecule has 20 heavy (non-hydrogen) atoms. The molecule has 1 saturated heterocycles. The zero-order valence-electron chi connectivity index (χ0n) is 13.0. The smallest absolute Gasteiger partial charge is 0.246 e. The number of hydrogen-bond donors (Lipinski definition) is 0. The minimum Gasteiger partial charge on any atom is -0.336 e. The SMILES string of the molecule is CCC1CCCCN1C(=O)/C=C/c1c(C)nn(C)c1C. The largest absolute Gasteiger partial charge is 0.336 e. The van der Waals surface area contributed by atoms with Crippen molar-refractivity contribution in [3.05, 3.63) is 23.0 Å². The predicted octanol–water partition coefficient (Wildman–Crippen LogP) is 2.84. The number of carbonyl (C=O) groups excluding carboxylic acids is 1. The van der Waals surface area contributed by atoms with Crippen molar-refractivity contribution in [2.75, 3.05) is 6.54 Å². The van der Waals surface area contributed by atoms with Crippen LogP contribution in [-0.4, -0.2) is 33.2 Å². The molecule has 0 bridgehead atoms. The summed E-state index contributed by atoms with van der Waals surface area (Å²) in [5.74, 6) is 0.138. The summed E-state index contributed by atoms with van der Waals surface area (Å²) >= 11 is 0. The second-order valence-corrected chi connectivity index (χ2v) is 5.63. The Kier molecular flexibility index (Phi) is 4.63. The van der Waals surface area contributed by atoms with Crippen LogP contribution in [0, 0.1) is 13.8 Å². The number of aryl methyl sites for hydroxylation is 2. The van der Waals surface area contributed by atoms with E-state index < -0.39 is 0 Å². The van der Waals surface area contributed by atoms with Crippen molar-refractivity contribution >= 4 is 12.0 Å². The molecule has 0 N–H and O–H groups in total. The normalized spacial score (nSPS) is 19.8. The Labute approximate surface area is 121 Å². The van der Waals surface area contributed by atoms with Gasteiger partial charge >= 0.3 is 0 Å². The molecule has 1 aliphatic heterocycles. The quantitative estimate of drug-likeness (QED) is 0.796. The van der Waals surface area contributed by atoms with Crippen molar-refractivity contribution < 1.29 is 4.79 Å². The Hall–Kier alpha value is -1.58. The van der Waals surface area contributed by atoms with E-state index in [4.69, 9.17) is 0 Å². The molecule has 1 fully saturated rings. The third-order valence-electron chi connectivity index (χ3n) is 4.34. The molecule has 110 valence electrons. The first-order chi connectivity index (χ1) is 9.54. The standard InChI is InChI=1S/C16H25N3O/c1-5-14-8-6-7-11-19(14)16(20)10-9-15-12(2)17-18(4)13(15)3/h9-10,14H,5-8,11H2,1-4H3/b10-9+. The van der Waals surface area contributed by atoms with E-state index in [1.165, 1.54) is 6.42 Å². The van der Waals surface area contributed by atoms with Gasteiger partial charge in [-0.15, -0.1) is 0 Å². The average molecular weight is 275 g/mol. The highest BCUT2D eigenvalue weighted by molar-refractivity contribution is 5.92.